The van der Waals surface area contributed by atoms with Gasteiger partial charge in [0.15, 0.2) is 23.2 Å². The predicted octanol–water partition coefficient (Wildman–Crippen LogP) is -0.619. The number of aliphatic hydroxyl groups is 2. The van der Waals surface area contributed by atoms with Crippen LogP contribution in [-0.2, 0) is 27.5 Å². The number of aliphatic carboxylic acids is 1. The first-order chi connectivity index (χ1) is 16.8. The van der Waals surface area contributed by atoms with Crippen LogP contribution < -0.4 is 10.6 Å². The molecule has 0 saturated carbocycles. The van der Waals surface area contributed by atoms with Crippen LogP contribution in [0.4, 0.5) is 10.6 Å². The minimum absolute atomic E-state index is 0.0623. The standard InChI is InChI=1S/C16H24N6O12P2/c1-2-17-16(27)21-13-10-14(19-6-18-13)22(7-20-10)15-12(26)11(25)8(33-15)5-32-36(30,31)34-35(28,29)4-3-9(23)24/h6-8,11-12,15,25-26H,2-5H2,1H3,(H,23,24)(H,28,29)(H,30,31)(H2,17,18,19,21,27)/t8-,11+,12+,15-/m1/s1. The van der Waals surface area contributed by atoms with Crippen molar-refractivity contribution in [2.24, 2.45) is 0 Å². The number of nitrogens with zero attached hydrogens (tertiary/aromatic N) is 4. The van der Waals surface area contributed by atoms with Crippen LogP contribution in [0.25, 0.3) is 11.2 Å². The quantitative estimate of drug-likeness (QED) is 0.171. The van der Waals surface area contributed by atoms with Crippen LogP contribution in [0.5, 0.6) is 0 Å². The minimum Gasteiger partial charge on any atom is -0.481 e. The molecule has 1 aliphatic heterocycles. The molecule has 0 spiro atoms. The molecule has 2 aromatic rings. The molecule has 1 aliphatic rings. The van der Waals surface area contributed by atoms with Crippen molar-refractivity contribution in [2.75, 3.05) is 24.6 Å². The highest BCUT2D eigenvalue weighted by Gasteiger charge is 2.46. The largest absolute Gasteiger partial charge is 0.481 e. The number of carboxylic acid groups (broad SMARTS) is 1. The lowest BCUT2D eigenvalue weighted by Gasteiger charge is -2.19. The summed E-state index contributed by atoms with van der Waals surface area (Å²) in [5, 5.41) is 34.4. The van der Waals surface area contributed by atoms with Gasteiger partial charge in [0.2, 0.25) is 0 Å². The second kappa shape index (κ2) is 11.2. The van der Waals surface area contributed by atoms with Gasteiger partial charge in [-0.05, 0) is 6.92 Å². The van der Waals surface area contributed by atoms with Crippen LogP contribution in [0, 0.1) is 0 Å². The Hall–Kier alpha value is -2.53. The van der Waals surface area contributed by atoms with Crippen LogP contribution >= 0.6 is 15.4 Å². The number of fused-ring (bicyclic) bond motifs is 1. The lowest BCUT2D eigenvalue weighted by Crippen LogP contribution is -2.33. The fourth-order valence-electron chi connectivity index (χ4n) is 3.17. The summed E-state index contributed by atoms with van der Waals surface area (Å²) in [6, 6.07) is -0.539. The molecule has 1 fully saturated rings. The molecule has 2 aromatic heterocycles. The number of hydrogen-bond donors (Lipinski definition) is 7. The number of ether oxygens (including phenoxy) is 1. The van der Waals surface area contributed by atoms with Gasteiger partial charge in [0.05, 0.1) is 25.5 Å². The molecule has 18 nitrogen and oxygen atoms in total. The number of aliphatic hydroxyl groups excluding tert-OH is 2. The molecule has 0 bridgehead atoms. The number of aromatic nitrogens is 4. The van der Waals surface area contributed by atoms with Crippen LogP contribution in [-0.4, -0.2) is 94.3 Å². The van der Waals surface area contributed by atoms with E-state index in [1.54, 1.807) is 6.92 Å². The van der Waals surface area contributed by atoms with Crippen molar-refractivity contribution in [1.82, 2.24) is 24.8 Å². The van der Waals surface area contributed by atoms with Crippen molar-refractivity contribution in [3.8, 4) is 0 Å². The number of carbonyl (C=O) groups is 2. The monoisotopic (exact) mass is 554 g/mol. The average molecular weight is 554 g/mol. The predicted molar refractivity (Wildman–Crippen MR) is 118 cm³/mol. The maximum Gasteiger partial charge on any atom is 0.479 e. The summed E-state index contributed by atoms with van der Waals surface area (Å²) >= 11 is 0. The van der Waals surface area contributed by atoms with E-state index < -0.39 is 71.1 Å². The van der Waals surface area contributed by atoms with Crippen molar-refractivity contribution in [1.29, 1.82) is 0 Å². The summed E-state index contributed by atoms with van der Waals surface area (Å²) in [5.74, 6) is -1.36. The Morgan fingerprint density at radius 2 is 1.92 bits per heavy atom. The van der Waals surface area contributed by atoms with Gasteiger partial charge in [-0.2, -0.15) is 0 Å². The molecule has 2 amide bonds. The van der Waals surface area contributed by atoms with E-state index in [4.69, 9.17) is 9.84 Å². The number of carbonyl (C=O) groups excluding carboxylic acids is 1. The number of nitrogens with one attached hydrogen (secondary N) is 2. The normalized spacial score (nSPS) is 25.2. The highest BCUT2D eigenvalue weighted by Crippen LogP contribution is 2.60. The molecule has 7 N–H and O–H groups in total. The Morgan fingerprint density at radius 1 is 1.19 bits per heavy atom. The number of rotatable bonds is 11. The Morgan fingerprint density at radius 3 is 2.58 bits per heavy atom. The molecule has 0 radical (unpaired) electrons. The summed E-state index contributed by atoms with van der Waals surface area (Å²) in [7, 11) is -9.97. The van der Waals surface area contributed by atoms with Crippen molar-refractivity contribution in [2.45, 2.75) is 37.9 Å². The van der Waals surface area contributed by atoms with Gasteiger partial charge in [-0.3, -0.25) is 23.8 Å². The van der Waals surface area contributed by atoms with Crippen LogP contribution in [0.2, 0.25) is 0 Å². The van der Waals surface area contributed by atoms with E-state index in [9.17, 15) is 38.7 Å². The third kappa shape index (κ3) is 6.82. The van der Waals surface area contributed by atoms with E-state index in [2.05, 4.69) is 34.4 Å². The molecular weight excluding hydrogens is 530 g/mol. The molecule has 3 rings (SSSR count). The fraction of sp³-hybridized carbons (Fsp3) is 0.562. The zero-order valence-electron chi connectivity index (χ0n) is 18.6. The van der Waals surface area contributed by atoms with Gasteiger partial charge in [-0.15, -0.1) is 0 Å². The molecule has 1 saturated heterocycles. The SMILES string of the molecule is CCNC(=O)Nc1ncnc2c1ncn2[C@@H]1O[C@H](COP(=O)(O)OP(=O)(O)CCC(=O)O)[C@H](O)[C@@H]1O. The highest BCUT2D eigenvalue weighted by atomic mass is 31.3. The molecule has 200 valence electrons. The topological polar surface area (TPSA) is 265 Å². The fourth-order valence-corrected chi connectivity index (χ4v) is 5.78. The Balaban J connectivity index is 1.70. The summed E-state index contributed by atoms with van der Waals surface area (Å²) < 4.78 is 39.4. The number of imidazole rings is 1. The van der Waals surface area contributed by atoms with E-state index in [1.165, 1.54) is 10.9 Å². The minimum atomic E-state index is -5.18. The molecule has 0 aromatic carbocycles. The third-order valence-corrected chi connectivity index (χ3v) is 7.89. The first-order valence-corrected chi connectivity index (χ1v) is 13.6. The first-order valence-electron chi connectivity index (χ1n) is 10.3. The summed E-state index contributed by atoms with van der Waals surface area (Å²) in [6.07, 6.45) is -5.35. The number of urea groups is 1. The van der Waals surface area contributed by atoms with E-state index in [0.29, 0.717) is 6.54 Å². The number of carboxylic acids is 1. The van der Waals surface area contributed by atoms with Crippen molar-refractivity contribution >= 4 is 44.4 Å². The van der Waals surface area contributed by atoms with Crippen molar-refractivity contribution < 1.29 is 57.4 Å². The molecule has 20 heteroatoms. The molecule has 0 aliphatic carbocycles. The molecular formula is C16H24N6O12P2. The van der Waals surface area contributed by atoms with Gasteiger partial charge in [0.25, 0.3) is 0 Å². The zero-order valence-corrected chi connectivity index (χ0v) is 20.4. The maximum atomic E-state index is 12.0. The second-order valence-corrected chi connectivity index (χ2v) is 11.0. The summed E-state index contributed by atoms with van der Waals surface area (Å²) in [4.78, 5) is 53.7. The zero-order chi connectivity index (χ0) is 26.7. The van der Waals surface area contributed by atoms with Crippen LogP contribution in [0.3, 0.4) is 0 Å². The van der Waals surface area contributed by atoms with Crippen LogP contribution in [0.1, 0.15) is 19.6 Å². The number of phosphoric acid groups is 1. The number of amides is 2. The number of phosphoric ester groups is 1. The van der Waals surface area contributed by atoms with Gasteiger partial charge < -0.3 is 35.2 Å². The van der Waals surface area contributed by atoms with Crippen molar-refractivity contribution in [3.05, 3.63) is 12.7 Å². The van der Waals surface area contributed by atoms with Gasteiger partial charge in [-0.25, -0.2) is 28.6 Å². The third-order valence-electron chi connectivity index (χ3n) is 4.78. The Kier molecular flexibility index (Phi) is 8.76. The van der Waals surface area contributed by atoms with E-state index >= 15 is 0 Å². The Labute approximate surface area is 202 Å². The first kappa shape index (κ1) is 28.0. The average Bonchev–Trinajstić information content (AvgIpc) is 3.32. The summed E-state index contributed by atoms with van der Waals surface area (Å²) in [6.45, 7) is 1.23. The smallest absolute Gasteiger partial charge is 0.479 e. The van der Waals surface area contributed by atoms with Gasteiger partial charge in [0.1, 0.15) is 24.6 Å². The highest BCUT2D eigenvalue weighted by molar-refractivity contribution is 7.64. The van der Waals surface area contributed by atoms with Crippen LogP contribution in [0.15, 0.2) is 12.7 Å². The number of hydrogen-bond acceptors (Lipinski definition) is 12. The lowest BCUT2D eigenvalue weighted by molar-refractivity contribution is -0.136. The van der Waals surface area contributed by atoms with E-state index in [-0.39, 0.29) is 17.0 Å². The van der Waals surface area contributed by atoms with Gasteiger partial charge >= 0.3 is 27.4 Å². The molecule has 3 heterocycles. The maximum absolute atomic E-state index is 12.0. The second-order valence-electron chi connectivity index (χ2n) is 7.43. The van der Waals surface area contributed by atoms with Gasteiger partial charge in [-0.1, -0.05) is 0 Å². The molecule has 36 heavy (non-hydrogen) atoms. The lowest BCUT2D eigenvalue weighted by atomic mass is 10.1. The Bertz CT molecular complexity index is 1210. The molecule has 2 unspecified atom stereocenters. The van der Waals surface area contributed by atoms with E-state index in [0.717, 1.165) is 6.33 Å². The van der Waals surface area contributed by atoms with Crippen molar-refractivity contribution in [3.63, 3.8) is 0 Å². The summed E-state index contributed by atoms with van der Waals surface area (Å²) in [5.41, 5.74) is 0.257. The van der Waals surface area contributed by atoms with Gasteiger partial charge in [0, 0.05) is 6.54 Å². The number of anilines is 1. The molecule has 6 atom stereocenters. The van der Waals surface area contributed by atoms with E-state index in [1.807, 2.05) is 0 Å².